The van der Waals surface area contributed by atoms with Gasteiger partial charge in [0.1, 0.15) is 262 Å². The molecule has 60 nitrogen and oxygen atoms in total. The van der Waals surface area contributed by atoms with Crippen molar-refractivity contribution >= 4 is 29.5 Å². The molecule has 11 aliphatic rings. The molecule has 0 spiro atoms. The van der Waals surface area contributed by atoms with Crippen LogP contribution in [0.3, 0.4) is 0 Å². The molecule has 786 valence electrons. The van der Waals surface area contributed by atoms with Crippen LogP contribution in [0.25, 0.3) is 0 Å². The van der Waals surface area contributed by atoms with Crippen LogP contribution in [0.2, 0.25) is 0 Å². The molecular weight excluding hydrogens is 1860 g/mol. The van der Waals surface area contributed by atoms with E-state index in [-0.39, 0.29) is 0 Å². The van der Waals surface area contributed by atoms with Crippen molar-refractivity contribution in [3.63, 3.8) is 0 Å². The topological polar surface area (TPSA) is 926 Å². The summed E-state index contributed by atoms with van der Waals surface area (Å²) in [6, 6.07) is -9.79. The summed E-state index contributed by atoms with van der Waals surface area (Å²) < 4.78 is 127. The fraction of sp³-hybridized carbons (Fsp3) is 0.934. The first-order chi connectivity index (χ1) is 64.3. The fourth-order valence-electron chi connectivity index (χ4n) is 17.8. The van der Waals surface area contributed by atoms with Gasteiger partial charge >= 0.3 is 0 Å². The maximum absolute atomic E-state index is 13.6. The van der Waals surface area contributed by atoms with Gasteiger partial charge in [-0.3, -0.25) is 24.0 Å². The highest BCUT2D eigenvalue weighted by atomic mass is 16.8. The normalized spacial score (nSPS) is 49.2. The van der Waals surface area contributed by atoms with E-state index in [4.69, 9.17) is 99.5 Å². The molecule has 0 aromatic heterocycles. The van der Waals surface area contributed by atoms with Crippen LogP contribution in [0.4, 0.5) is 0 Å². The maximum atomic E-state index is 13.6. The van der Waals surface area contributed by atoms with E-state index in [9.17, 15) is 172 Å². The third-order valence-corrected chi connectivity index (χ3v) is 25.0. The predicted octanol–water partition coefficient (Wildman–Crippen LogP) is -23.2. The van der Waals surface area contributed by atoms with Crippen molar-refractivity contribution in [2.75, 3.05) is 66.1 Å². The van der Waals surface area contributed by atoms with E-state index in [2.05, 4.69) is 26.6 Å². The molecule has 11 aliphatic heterocycles. The van der Waals surface area contributed by atoms with Gasteiger partial charge in [-0.15, -0.1) is 0 Å². The van der Waals surface area contributed by atoms with Crippen LogP contribution in [0.5, 0.6) is 0 Å². The molecule has 60 heteroatoms. The Hall–Kier alpha value is -4.65. The lowest BCUT2D eigenvalue weighted by Gasteiger charge is -2.52. The average Bonchev–Trinajstić information content (AvgIpc) is 0.755. The lowest BCUT2D eigenvalue weighted by molar-refractivity contribution is -0.408. The zero-order chi connectivity index (χ0) is 100. The van der Waals surface area contributed by atoms with Crippen LogP contribution < -0.4 is 26.6 Å². The van der Waals surface area contributed by atoms with Gasteiger partial charge in [-0.1, -0.05) is 0 Å². The summed E-state index contributed by atoms with van der Waals surface area (Å²) >= 11 is 0. The van der Waals surface area contributed by atoms with E-state index < -0.39 is 433 Å². The SMILES string of the molecule is CC(=O)N[C@@H]1[C@@H](O)[C@H](O[C@@H]2O[C@H](CO)[C@@H](O[C@@H]3O[C@H](CO[C@H]4O[C@H](CO)[C@@H](O)[C@H](O)[C@@H]4O[C@@H]4O[C@H](CO)[C@@H](O)[C@H](O)[C@H]4NC(C)=O)[C@@H](O)[C@H](O[C@H]4O[C@H](CO)[C@@H](O[C@@H]5O[C@H](CO)[C@@H](O[C@@H]6O[C@H](CO)[C@H](O)[C@H](O)[C@H]6O)[C@H](O)[C@H]5NC(C)=O)[C@H](O)[C@@H]4O[C@@H]4O[C@H](CO)[C@@H](O[C@@H]5O[C@H](CO)[C@H](O)[C@H](O)[C@H]5O[C@@H]5O[C@@H](C)[C@@H](O)[C@@H](O)[C@@H]5O)[C@H](O)[C@H]4NC(C)=O)[C@@H]3O)[C@H](O)[C@H]2NC(C)=O)[C@@H](CO)O[C@H]1O. The summed E-state index contributed by atoms with van der Waals surface area (Å²) in [7, 11) is 0. The first-order valence-corrected chi connectivity index (χ1v) is 43.5. The zero-order valence-corrected chi connectivity index (χ0v) is 73.4. The summed E-state index contributed by atoms with van der Waals surface area (Å²) in [6.07, 6.45) is -108. The molecule has 0 unspecified atom stereocenters. The highest BCUT2D eigenvalue weighted by Crippen LogP contribution is 2.43. The second-order valence-electron chi connectivity index (χ2n) is 34.5. The van der Waals surface area contributed by atoms with Crippen LogP contribution in [-0.2, 0) is 123 Å². The van der Waals surface area contributed by atoms with E-state index in [1.54, 1.807) is 0 Å². The van der Waals surface area contributed by atoms with Gasteiger partial charge in [-0.25, -0.2) is 0 Å². The smallest absolute Gasteiger partial charge is 0.217 e. The van der Waals surface area contributed by atoms with Crippen LogP contribution in [0, 0.1) is 0 Å². The molecule has 11 rings (SSSR count). The van der Waals surface area contributed by atoms with E-state index in [1.807, 2.05) is 0 Å². The van der Waals surface area contributed by atoms with Gasteiger partial charge in [-0.05, 0) is 6.92 Å². The minimum atomic E-state index is -2.74. The lowest BCUT2D eigenvalue weighted by atomic mass is 9.93. The second-order valence-corrected chi connectivity index (χ2v) is 34.5. The molecule has 11 heterocycles. The molecule has 34 N–H and O–H groups in total. The van der Waals surface area contributed by atoms with Crippen LogP contribution in [-0.4, -0.2) is 581 Å². The largest absolute Gasteiger partial charge is 0.394 e. The number of rotatable bonds is 35. The maximum Gasteiger partial charge on any atom is 0.217 e. The van der Waals surface area contributed by atoms with E-state index >= 15 is 0 Å². The summed E-state index contributed by atoms with van der Waals surface area (Å²) in [6.45, 7) is -6.01. The van der Waals surface area contributed by atoms with Crippen LogP contribution in [0.1, 0.15) is 41.5 Å². The van der Waals surface area contributed by atoms with Crippen LogP contribution in [0.15, 0.2) is 0 Å². The Morgan fingerprint density at radius 3 is 0.846 bits per heavy atom. The minimum absolute atomic E-state index is 0.824. The summed E-state index contributed by atoms with van der Waals surface area (Å²) in [5.74, 6) is -4.83. The molecular formula is C76H127N5O55. The van der Waals surface area contributed by atoms with E-state index in [0.717, 1.165) is 34.6 Å². The molecule has 11 fully saturated rings. The summed E-state index contributed by atoms with van der Waals surface area (Å²) in [4.78, 5) is 65.0. The predicted molar refractivity (Wildman–Crippen MR) is 419 cm³/mol. The van der Waals surface area contributed by atoms with E-state index in [0.29, 0.717) is 0 Å². The Balaban J connectivity index is 0.994. The van der Waals surface area contributed by atoms with Gasteiger partial charge in [0.15, 0.2) is 69.2 Å². The molecule has 0 aromatic rings. The molecule has 0 bridgehead atoms. The molecule has 0 radical (unpaired) electrons. The number of carbonyl (C=O) groups excluding carboxylic acids is 5. The Labute approximate surface area is 770 Å². The third kappa shape index (κ3) is 24.6. The molecule has 55 atom stereocenters. The Bertz CT molecular complexity index is 3760. The number of aliphatic hydroxyl groups excluding tert-OH is 29. The third-order valence-electron chi connectivity index (χ3n) is 25.0. The Morgan fingerprint density at radius 1 is 0.206 bits per heavy atom. The number of ether oxygens (including phenoxy) is 21. The van der Waals surface area contributed by atoms with Crippen molar-refractivity contribution < 1.29 is 272 Å². The quantitative estimate of drug-likeness (QED) is 0.0280. The molecule has 0 aliphatic carbocycles. The van der Waals surface area contributed by atoms with Crippen molar-refractivity contribution in [1.29, 1.82) is 0 Å². The van der Waals surface area contributed by atoms with Gasteiger partial charge < -0.3 is 274 Å². The number of carbonyl (C=O) groups is 5. The Kier molecular flexibility index (Phi) is 40.1. The molecule has 0 saturated carbocycles. The van der Waals surface area contributed by atoms with Crippen LogP contribution >= 0.6 is 0 Å². The number of hydrogen-bond acceptors (Lipinski definition) is 55. The van der Waals surface area contributed by atoms with Crippen molar-refractivity contribution in [2.45, 2.75) is 379 Å². The van der Waals surface area contributed by atoms with Gasteiger partial charge in [-0.2, -0.15) is 0 Å². The molecule has 0 aromatic carbocycles. The van der Waals surface area contributed by atoms with Crippen molar-refractivity contribution in [3.05, 3.63) is 0 Å². The highest BCUT2D eigenvalue weighted by molar-refractivity contribution is 5.75. The number of aliphatic hydroxyl groups is 29. The van der Waals surface area contributed by atoms with Crippen molar-refractivity contribution in [3.8, 4) is 0 Å². The first-order valence-electron chi connectivity index (χ1n) is 43.5. The molecule has 136 heavy (non-hydrogen) atoms. The van der Waals surface area contributed by atoms with Crippen molar-refractivity contribution in [2.24, 2.45) is 0 Å². The second kappa shape index (κ2) is 48.8. The number of nitrogens with one attached hydrogen (secondary N) is 5. The highest BCUT2D eigenvalue weighted by Gasteiger charge is 2.63. The van der Waals surface area contributed by atoms with Gasteiger partial charge in [0.05, 0.1) is 72.2 Å². The summed E-state index contributed by atoms with van der Waals surface area (Å²) in [5, 5.41) is 340. The fourth-order valence-corrected chi connectivity index (χ4v) is 17.8. The van der Waals surface area contributed by atoms with Crippen molar-refractivity contribution in [1.82, 2.24) is 26.6 Å². The lowest BCUT2D eigenvalue weighted by Crippen LogP contribution is -2.71. The van der Waals surface area contributed by atoms with Gasteiger partial charge in [0, 0.05) is 34.6 Å². The summed E-state index contributed by atoms with van der Waals surface area (Å²) in [5.41, 5.74) is 0. The minimum Gasteiger partial charge on any atom is -0.394 e. The zero-order valence-electron chi connectivity index (χ0n) is 73.4. The Morgan fingerprint density at radius 2 is 0.449 bits per heavy atom. The average molecular weight is 1990 g/mol. The van der Waals surface area contributed by atoms with Gasteiger partial charge in [0.2, 0.25) is 29.5 Å². The first kappa shape index (κ1) is 112. The van der Waals surface area contributed by atoms with Gasteiger partial charge in [0.25, 0.3) is 0 Å². The number of hydrogen-bond donors (Lipinski definition) is 34. The van der Waals surface area contributed by atoms with E-state index in [1.165, 1.54) is 6.92 Å². The number of amides is 5. The molecule has 11 saturated heterocycles. The monoisotopic (exact) mass is 1990 g/mol. The standard InChI is InChI=1S/C76H127N5O55/c1-17-38(96)49(107)53(111)71(117-17)136-64-52(110)42(100)26(10-85)122-75(64)132-60-30(14-89)125-70(37(48(60)106)81-22(6)95)135-65-55(113)61(129-69-36(80-21(5)94)46(104)58(28(12-87)124-69)130-72-54(112)50(108)40(98)24(8-83)120-72)31(15-90)126-76(65)133-62-43(101)32(16-116-74-63(51(109)41(99)25(9-84)121-74)134-67-34(78-19(3)92)44(102)39(97)23(7-82)119-67)127-73(56(62)114)131-59-29(13-88)123-68(35(47(59)105)79-20(4)93)128-57-27(11-86)118-66(115)33(45(57)103)77-18(2)91/h17,23-76,82-90,96-115H,7-16H2,1-6H3,(H,77,91)(H,78,92)(H,79,93)(H,80,94)(H,81,95)/t17-,23+,24+,25+,26+,27+,28+,29+,30+,31+,32+,33+,34+,35+,36+,37+,38+,39+,40-,41+,42-,43+,44+,45+,46+,47+,48+,49+,50-,51-,52-,53-,54+,55-,56-,57+,58+,59+,60+,61+,62-,63-,64+,65-,66+,67-,68-,69-,70-,71-,72-,73-,74-,75-,76+/m0/s1. The molecule has 5 amide bonds.